The number of esters is 2. The van der Waals surface area contributed by atoms with Crippen molar-refractivity contribution in [1.82, 2.24) is 5.32 Å². The molecule has 1 aromatic rings. The minimum Gasteiger partial charge on any atom is -0.469 e. The van der Waals surface area contributed by atoms with Crippen LogP contribution >= 0.6 is 0 Å². The first-order valence-electron chi connectivity index (χ1n) is 9.34. The minimum atomic E-state index is -1.01. The Balaban J connectivity index is 2.02. The first-order chi connectivity index (χ1) is 13.5. The van der Waals surface area contributed by atoms with E-state index in [1.54, 1.807) is 0 Å². The molecule has 0 bridgehead atoms. The summed E-state index contributed by atoms with van der Waals surface area (Å²) in [5, 5.41) is 2.52. The van der Waals surface area contributed by atoms with Crippen LogP contribution < -0.4 is 5.32 Å². The number of benzene rings is 1. The highest BCUT2D eigenvalue weighted by Crippen LogP contribution is 2.29. The smallest absolute Gasteiger partial charge is 0.408 e. The summed E-state index contributed by atoms with van der Waals surface area (Å²) in [5.74, 6) is -1.65. The van der Waals surface area contributed by atoms with Crippen LogP contribution in [0.25, 0.3) is 0 Å². The number of allylic oxidation sites excluding steroid dienone is 2. The molecule has 0 aromatic heterocycles. The van der Waals surface area contributed by atoms with Gasteiger partial charge < -0.3 is 19.5 Å². The van der Waals surface area contributed by atoms with Crippen molar-refractivity contribution in [3.63, 3.8) is 0 Å². The van der Waals surface area contributed by atoms with Crippen molar-refractivity contribution in [2.45, 2.75) is 38.3 Å². The van der Waals surface area contributed by atoms with Crippen LogP contribution in [0.3, 0.4) is 0 Å². The van der Waals surface area contributed by atoms with Gasteiger partial charge in [0.15, 0.2) is 0 Å². The average Bonchev–Trinajstić information content (AvgIpc) is 2.75. The van der Waals surface area contributed by atoms with E-state index in [1.165, 1.54) is 14.2 Å². The summed E-state index contributed by atoms with van der Waals surface area (Å²) in [6.07, 6.45) is 6.09. The molecule has 0 saturated heterocycles. The molecule has 3 atom stereocenters. The van der Waals surface area contributed by atoms with Crippen molar-refractivity contribution in [1.29, 1.82) is 0 Å². The Morgan fingerprint density at radius 3 is 2.43 bits per heavy atom. The summed E-state index contributed by atoms with van der Waals surface area (Å²) in [4.78, 5) is 36.7. The molecule has 28 heavy (non-hydrogen) atoms. The van der Waals surface area contributed by atoms with Crippen LogP contribution in [0.15, 0.2) is 42.5 Å². The summed E-state index contributed by atoms with van der Waals surface area (Å²) < 4.78 is 14.9. The highest BCUT2D eigenvalue weighted by atomic mass is 16.6. The number of hydrogen-bond donors (Lipinski definition) is 1. The van der Waals surface area contributed by atoms with Crippen molar-refractivity contribution in [2.75, 3.05) is 14.2 Å². The number of alkyl carbamates (subject to hydrolysis) is 1. The molecule has 0 saturated carbocycles. The van der Waals surface area contributed by atoms with Gasteiger partial charge in [0.25, 0.3) is 0 Å². The number of carbonyl (C=O) groups excluding carboxylic acids is 3. The first-order valence-corrected chi connectivity index (χ1v) is 9.34. The summed E-state index contributed by atoms with van der Waals surface area (Å²) in [7, 11) is 2.55. The maximum Gasteiger partial charge on any atom is 0.408 e. The molecule has 1 aliphatic carbocycles. The number of hydrogen-bond acceptors (Lipinski definition) is 6. The van der Waals surface area contributed by atoms with Crippen molar-refractivity contribution < 1.29 is 28.6 Å². The fourth-order valence-corrected chi connectivity index (χ4v) is 3.29. The van der Waals surface area contributed by atoms with Crippen LogP contribution in [-0.4, -0.2) is 38.3 Å². The topological polar surface area (TPSA) is 90.9 Å². The lowest BCUT2D eigenvalue weighted by molar-refractivity contribution is -0.149. The van der Waals surface area contributed by atoms with E-state index < -0.39 is 30.0 Å². The van der Waals surface area contributed by atoms with E-state index in [1.807, 2.05) is 42.5 Å². The Kier molecular flexibility index (Phi) is 8.52. The van der Waals surface area contributed by atoms with E-state index in [0.717, 1.165) is 24.8 Å². The van der Waals surface area contributed by atoms with E-state index in [9.17, 15) is 14.4 Å². The molecule has 152 valence electrons. The molecule has 1 amide bonds. The average molecular weight is 389 g/mol. The van der Waals surface area contributed by atoms with Crippen LogP contribution in [0, 0.1) is 11.8 Å². The zero-order valence-electron chi connectivity index (χ0n) is 16.3. The van der Waals surface area contributed by atoms with Crippen LogP contribution in [-0.2, 0) is 30.4 Å². The van der Waals surface area contributed by atoms with Gasteiger partial charge in [0.1, 0.15) is 12.6 Å². The molecule has 0 fully saturated rings. The van der Waals surface area contributed by atoms with Gasteiger partial charge in [-0.3, -0.25) is 4.79 Å². The molecule has 7 heteroatoms. The molecule has 0 aliphatic heterocycles. The van der Waals surface area contributed by atoms with Gasteiger partial charge in [-0.2, -0.15) is 0 Å². The van der Waals surface area contributed by atoms with E-state index in [4.69, 9.17) is 14.2 Å². The fourth-order valence-electron chi connectivity index (χ4n) is 3.29. The van der Waals surface area contributed by atoms with E-state index in [-0.39, 0.29) is 18.9 Å². The van der Waals surface area contributed by atoms with Gasteiger partial charge in [0, 0.05) is 0 Å². The molecule has 2 rings (SSSR count). The maximum atomic E-state index is 12.3. The third-order valence-corrected chi connectivity index (χ3v) is 4.79. The molecule has 7 nitrogen and oxygen atoms in total. The van der Waals surface area contributed by atoms with Crippen molar-refractivity contribution >= 4 is 18.0 Å². The lowest BCUT2D eigenvalue weighted by Crippen LogP contribution is -2.45. The fraction of sp³-hybridized carbons (Fsp3) is 0.476. The monoisotopic (exact) mass is 389 g/mol. The zero-order valence-corrected chi connectivity index (χ0v) is 16.3. The molecule has 1 aromatic carbocycles. The molecule has 0 heterocycles. The van der Waals surface area contributed by atoms with Gasteiger partial charge >= 0.3 is 18.0 Å². The Labute approximate surface area is 165 Å². The third-order valence-electron chi connectivity index (χ3n) is 4.79. The summed E-state index contributed by atoms with van der Waals surface area (Å²) >= 11 is 0. The largest absolute Gasteiger partial charge is 0.469 e. The van der Waals surface area contributed by atoms with E-state index in [0.29, 0.717) is 0 Å². The third kappa shape index (κ3) is 6.40. The standard InChI is InChI=1S/C21H27NO6/c1-26-19(23)17(16-11-7-4-8-12-16)13-18(20(24)27-2)22-21(25)28-14-15-9-5-3-6-10-15/h3,5-7,9-11,16-18H,4,8,12-14H2,1-2H3,(H,22,25)/t16?,17-,18-/m0/s1. The zero-order chi connectivity index (χ0) is 20.4. The second-order valence-electron chi connectivity index (χ2n) is 6.67. The molecule has 0 radical (unpaired) electrons. The van der Waals surface area contributed by atoms with Gasteiger partial charge in [0.2, 0.25) is 0 Å². The number of rotatable bonds is 8. The van der Waals surface area contributed by atoms with E-state index >= 15 is 0 Å². The summed E-state index contributed by atoms with van der Waals surface area (Å²) in [5.41, 5.74) is 0.826. The summed E-state index contributed by atoms with van der Waals surface area (Å²) in [6.45, 7) is 0.0758. The molecule has 1 unspecified atom stereocenters. The summed E-state index contributed by atoms with van der Waals surface area (Å²) in [6, 6.07) is 8.19. The molecule has 1 aliphatic rings. The van der Waals surface area contributed by atoms with Crippen LogP contribution in [0.5, 0.6) is 0 Å². The normalized spacial score (nSPS) is 17.9. The number of amides is 1. The van der Waals surface area contributed by atoms with Gasteiger partial charge in [-0.15, -0.1) is 0 Å². The molecule has 0 spiro atoms. The lowest BCUT2D eigenvalue weighted by Gasteiger charge is -2.27. The van der Waals surface area contributed by atoms with Gasteiger partial charge in [-0.25, -0.2) is 9.59 Å². The van der Waals surface area contributed by atoms with Gasteiger partial charge in [-0.1, -0.05) is 42.5 Å². The predicted octanol–water partition coefficient (Wildman–Crippen LogP) is 2.99. The number of ether oxygens (including phenoxy) is 3. The van der Waals surface area contributed by atoms with E-state index in [2.05, 4.69) is 5.32 Å². The maximum absolute atomic E-state index is 12.3. The molecular weight excluding hydrogens is 362 g/mol. The van der Waals surface area contributed by atoms with Crippen LogP contribution in [0.2, 0.25) is 0 Å². The van der Waals surface area contributed by atoms with Crippen molar-refractivity contribution in [3.05, 3.63) is 48.0 Å². The second-order valence-corrected chi connectivity index (χ2v) is 6.67. The molecular formula is C21H27NO6. The Morgan fingerprint density at radius 1 is 1.11 bits per heavy atom. The highest BCUT2D eigenvalue weighted by molar-refractivity contribution is 5.82. The van der Waals surface area contributed by atoms with Crippen molar-refractivity contribution in [3.8, 4) is 0 Å². The lowest BCUT2D eigenvalue weighted by atomic mass is 9.81. The van der Waals surface area contributed by atoms with Crippen molar-refractivity contribution in [2.24, 2.45) is 11.8 Å². The number of carbonyl (C=O) groups is 3. The SMILES string of the molecule is COC(=O)[C@H](C[C@H](C(=O)OC)C1C=CCCC1)NC(=O)OCc1ccccc1. The van der Waals surface area contributed by atoms with Gasteiger partial charge in [-0.05, 0) is 37.2 Å². The van der Waals surface area contributed by atoms with Gasteiger partial charge in [0.05, 0.1) is 20.1 Å². The minimum absolute atomic E-state index is 0.0458. The predicted molar refractivity (Wildman–Crippen MR) is 102 cm³/mol. The van der Waals surface area contributed by atoms with Crippen LogP contribution in [0.1, 0.15) is 31.2 Å². The number of methoxy groups -OCH3 is 2. The Hall–Kier alpha value is -2.83. The highest BCUT2D eigenvalue weighted by Gasteiger charge is 2.34. The Bertz CT molecular complexity index is 687. The van der Waals surface area contributed by atoms with Crippen LogP contribution in [0.4, 0.5) is 4.79 Å². The second kappa shape index (κ2) is 11.1. The number of nitrogens with one attached hydrogen (secondary N) is 1. The first kappa shape index (κ1) is 21.5. The quantitative estimate of drug-likeness (QED) is 0.418. The Morgan fingerprint density at radius 2 is 1.82 bits per heavy atom. The molecule has 1 N–H and O–H groups in total.